The van der Waals surface area contributed by atoms with E-state index < -0.39 is 5.97 Å². The molecule has 1 heterocycles. The molecule has 0 aromatic heterocycles. The summed E-state index contributed by atoms with van der Waals surface area (Å²) in [5.41, 5.74) is 0. The Morgan fingerprint density at radius 2 is 2.20 bits per heavy atom. The van der Waals surface area contributed by atoms with Gasteiger partial charge in [0.2, 0.25) is 0 Å². The Hall–Kier alpha value is -1.45. The molecule has 1 aliphatic heterocycles. The summed E-state index contributed by atoms with van der Waals surface area (Å²) in [5, 5.41) is 7.47. The summed E-state index contributed by atoms with van der Waals surface area (Å²) in [5.74, 6) is -0.0574. The van der Waals surface area contributed by atoms with Gasteiger partial charge in [-0.1, -0.05) is 0 Å². The highest BCUT2D eigenvalue weighted by Gasteiger charge is 1.86. The van der Waals surface area contributed by atoms with Gasteiger partial charge >= 0.3 is 5.97 Å². The predicted molar refractivity (Wildman–Crippen MR) is 36.0 cm³/mol. The smallest absolute Gasteiger partial charge is 0.327 e. The zero-order chi connectivity index (χ0) is 7.40. The van der Waals surface area contributed by atoms with Crippen LogP contribution in [0.5, 0.6) is 0 Å². The number of hydrogen-bond donors (Lipinski definition) is 0. The molecule has 0 saturated carbocycles. The Morgan fingerprint density at radius 1 is 1.60 bits per heavy atom. The second kappa shape index (κ2) is 2.91. The van der Waals surface area contributed by atoms with Crippen molar-refractivity contribution in [3.63, 3.8) is 0 Å². The van der Waals surface area contributed by atoms with E-state index in [9.17, 15) is 4.79 Å². The number of esters is 1. The molecular formula is C6H6N2O2-2. The average Bonchev–Trinajstić information content (AvgIpc) is 2.40. The minimum atomic E-state index is -0.439. The SMILES string of the molecule is COC(=O)C=C1[N-]C=C[N-]1. The van der Waals surface area contributed by atoms with E-state index in [0.29, 0.717) is 5.82 Å². The average molecular weight is 138 g/mol. The lowest BCUT2D eigenvalue weighted by Crippen LogP contribution is -1.94. The highest BCUT2D eigenvalue weighted by molar-refractivity contribution is 5.84. The van der Waals surface area contributed by atoms with E-state index in [1.54, 1.807) is 0 Å². The van der Waals surface area contributed by atoms with Crippen LogP contribution >= 0.6 is 0 Å². The lowest BCUT2D eigenvalue weighted by Gasteiger charge is -2.24. The van der Waals surface area contributed by atoms with Crippen LogP contribution in [0.1, 0.15) is 0 Å². The fourth-order valence-corrected chi connectivity index (χ4v) is 0.492. The van der Waals surface area contributed by atoms with Crippen LogP contribution in [-0.4, -0.2) is 13.1 Å². The first-order valence-electron chi connectivity index (χ1n) is 2.69. The molecular weight excluding hydrogens is 132 g/mol. The zero-order valence-corrected chi connectivity index (χ0v) is 5.44. The largest absolute Gasteiger partial charge is 0.685 e. The van der Waals surface area contributed by atoms with Gasteiger partial charge in [-0.25, -0.2) is 4.79 Å². The van der Waals surface area contributed by atoms with Crippen LogP contribution in [-0.2, 0) is 9.53 Å². The molecule has 0 atom stereocenters. The summed E-state index contributed by atoms with van der Waals surface area (Å²) in [6, 6.07) is 0. The molecule has 0 fully saturated rings. The fraction of sp³-hybridized carbons (Fsp3) is 0.167. The molecule has 10 heavy (non-hydrogen) atoms. The number of nitrogens with zero attached hydrogens (tertiary/aromatic N) is 2. The first-order valence-corrected chi connectivity index (χ1v) is 2.69. The minimum absolute atomic E-state index is 0.381. The number of carbonyl (C=O) groups excluding carboxylic acids is 1. The van der Waals surface area contributed by atoms with Crippen molar-refractivity contribution in [3.8, 4) is 0 Å². The topological polar surface area (TPSA) is 54.5 Å². The number of carbonyl (C=O) groups is 1. The van der Waals surface area contributed by atoms with Crippen LogP contribution in [0.15, 0.2) is 24.3 Å². The molecule has 0 bridgehead atoms. The molecule has 0 amide bonds. The molecule has 4 nitrogen and oxygen atoms in total. The van der Waals surface area contributed by atoms with Crippen molar-refractivity contribution in [2.75, 3.05) is 7.11 Å². The quantitative estimate of drug-likeness (QED) is 0.404. The lowest BCUT2D eigenvalue weighted by atomic mass is 10.5. The van der Waals surface area contributed by atoms with Crippen molar-refractivity contribution in [3.05, 3.63) is 34.9 Å². The summed E-state index contributed by atoms with van der Waals surface area (Å²) in [7, 11) is 1.31. The maximum atomic E-state index is 10.5. The van der Waals surface area contributed by atoms with Gasteiger partial charge < -0.3 is 15.4 Å². The maximum Gasteiger partial charge on any atom is 0.327 e. The molecule has 0 radical (unpaired) electrons. The van der Waals surface area contributed by atoms with Crippen molar-refractivity contribution in [1.29, 1.82) is 0 Å². The van der Waals surface area contributed by atoms with E-state index in [0.717, 1.165) is 0 Å². The van der Waals surface area contributed by atoms with Gasteiger partial charge in [0, 0.05) is 0 Å². The van der Waals surface area contributed by atoms with Crippen LogP contribution in [0.3, 0.4) is 0 Å². The van der Waals surface area contributed by atoms with Crippen molar-refractivity contribution >= 4 is 5.97 Å². The standard InChI is InChI=1S/C6H7N2O2/c1-10-6(9)4-5-7-2-3-8-5/h2-4H,1H3,(H-,7,8,9)/q-1/p-1. The van der Waals surface area contributed by atoms with Crippen LogP contribution in [0, 0.1) is 0 Å². The van der Waals surface area contributed by atoms with Gasteiger partial charge in [-0.05, 0) is 6.08 Å². The highest BCUT2D eigenvalue weighted by atomic mass is 16.5. The molecule has 0 N–H and O–H groups in total. The Kier molecular flexibility index (Phi) is 1.94. The van der Waals surface area contributed by atoms with E-state index in [2.05, 4.69) is 15.4 Å². The third kappa shape index (κ3) is 1.51. The predicted octanol–water partition coefficient (Wildman–Crippen LogP) is 1.23. The van der Waals surface area contributed by atoms with Crippen LogP contribution < -0.4 is 0 Å². The highest BCUT2D eigenvalue weighted by Crippen LogP contribution is 2.21. The molecule has 1 aliphatic rings. The monoisotopic (exact) mass is 138 g/mol. The zero-order valence-electron chi connectivity index (χ0n) is 5.44. The Morgan fingerprint density at radius 3 is 2.70 bits per heavy atom. The summed E-state index contributed by atoms with van der Waals surface area (Å²) in [6.45, 7) is 0. The molecule has 0 aromatic carbocycles. The normalized spacial score (nSPS) is 13.9. The van der Waals surface area contributed by atoms with Crippen molar-refractivity contribution in [1.82, 2.24) is 0 Å². The summed E-state index contributed by atoms with van der Waals surface area (Å²) >= 11 is 0. The van der Waals surface area contributed by atoms with E-state index in [4.69, 9.17) is 0 Å². The lowest BCUT2D eigenvalue weighted by molar-refractivity contribution is -0.134. The third-order valence-corrected chi connectivity index (χ3v) is 0.928. The second-order valence-corrected chi connectivity index (χ2v) is 1.58. The van der Waals surface area contributed by atoms with Crippen molar-refractivity contribution in [2.45, 2.75) is 0 Å². The summed E-state index contributed by atoms with van der Waals surface area (Å²) in [4.78, 5) is 10.5. The molecule has 0 aliphatic carbocycles. The first-order chi connectivity index (χ1) is 4.83. The van der Waals surface area contributed by atoms with E-state index >= 15 is 0 Å². The molecule has 0 spiro atoms. The Labute approximate surface area is 58.6 Å². The van der Waals surface area contributed by atoms with Gasteiger partial charge in [0.05, 0.1) is 7.11 Å². The fourth-order valence-electron chi connectivity index (χ4n) is 0.492. The number of ether oxygens (including phenoxy) is 1. The molecule has 0 aromatic rings. The number of hydrogen-bond acceptors (Lipinski definition) is 2. The number of rotatable bonds is 1. The van der Waals surface area contributed by atoms with Gasteiger partial charge in [0.25, 0.3) is 0 Å². The van der Waals surface area contributed by atoms with Gasteiger partial charge in [0.1, 0.15) is 0 Å². The van der Waals surface area contributed by atoms with Gasteiger partial charge in [-0.2, -0.15) is 12.4 Å². The van der Waals surface area contributed by atoms with Crippen molar-refractivity contribution in [2.24, 2.45) is 0 Å². The summed E-state index contributed by atoms with van der Waals surface area (Å²) < 4.78 is 4.35. The van der Waals surface area contributed by atoms with Crippen molar-refractivity contribution < 1.29 is 9.53 Å². The van der Waals surface area contributed by atoms with Crippen LogP contribution in [0.2, 0.25) is 0 Å². The maximum absolute atomic E-state index is 10.5. The van der Waals surface area contributed by atoms with Crippen LogP contribution in [0.25, 0.3) is 10.6 Å². The molecule has 1 rings (SSSR count). The Bertz CT molecular complexity index is 186. The van der Waals surface area contributed by atoms with E-state index in [1.165, 1.54) is 25.6 Å². The molecule has 54 valence electrons. The van der Waals surface area contributed by atoms with Gasteiger partial charge in [-0.3, -0.25) is 5.82 Å². The minimum Gasteiger partial charge on any atom is -0.685 e. The van der Waals surface area contributed by atoms with E-state index in [1.807, 2.05) is 0 Å². The second-order valence-electron chi connectivity index (χ2n) is 1.58. The van der Waals surface area contributed by atoms with Crippen LogP contribution in [0.4, 0.5) is 0 Å². The molecule has 4 heteroatoms. The third-order valence-electron chi connectivity index (χ3n) is 0.928. The molecule has 0 unspecified atom stereocenters. The Balaban J connectivity index is 2.47. The summed E-state index contributed by atoms with van der Waals surface area (Å²) in [6.07, 6.45) is 4.24. The van der Waals surface area contributed by atoms with E-state index in [-0.39, 0.29) is 0 Å². The number of methoxy groups -OCH3 is 1. The first kappa shape index (κ1) is 6.67. The van der Waals surface area contributed by atoms with Gasteiger partial charge in [-0.15, -0.1) is 0 Å². The molecule has 0 saturated heterocycles. The van der Waals surface area contributed by atoms with Gasteiger partial charge in [0.15, 0.2) is 0 Å².